The van der Waals surface area contributed by atoms with Crippen LogP contribution in [0.5, 0.6) is 0 Å². The molecule has 4 heteroatoms. The Bertz CT molecular complexity index is 579. The maximum Gasteiger partial charge on any atom is 0.220 e. The number of benzene rings is 1. The first-order valence-electron chi connectivity index (χ1n) is 9.82. The Morgan fingerprint density at radius 1 is 1.20 bits per heavy atom. The molecule has 1 amide bonds. The highest BCUT2D eigenvalue weighted by Crippen LogP contribution is 2.32. The largest absolute Gasteiger partial charge is 0.379 e. The van der Waals surface area contributed by atoms with Crippen molar-refractivity contribution >= 4 is 5.91 Å². The van der Waals surface area contributed by atoms with Crippen LogP contribution in [-0.4, -0.2) is 50.2 Å². The number of nitrogens with one attached hydrogen (secondary N) is 1. The lowest BCUT2D eigenvalue weighted by molar-refractivity contribution is -0.121. The maximum atomic E-state index is 12.5. The minimum atomic E-state index is 0.174. The molecule has 1 heterocycles. The van der Waals surface area contributed by atoms with Crippen molar-refractivity contribution in [3.05, 3.63) is 34.9 Å². The molecule has 0 saturated carbocycles. The fourth-order valence-corrected chi connectivity index (χ4v) is 4.01. The number of ether oxygens (including phenoxy) is 1. The molecule has 2 aliphatic rings. The van der Waals surface area contributed by atoms with Crippen LogP contribution in [0.15, 0.2) is 18.2 Å². The number of hydrogen-bond donors (Lipinski definition) is 1. The number of aryl methyl sites for hydroxylation is 2. The molecule has 1 aromatic carbocycles. The predicted octanol–water partition coefficient (Wildman–Crippen LogP) is 2.75. The van der Waals surface area contributed by atoms with Gasteiger partial charge in [-0.2, -0.15) is 0 Å². The lowest BCUT2D eigenvalue weighted by Crippen LogP contribution is -2.41. The zero-order valence-electron chi connectivity index (χ0n) is 15.7. The summed E-state index contributed by atoms with van der Waals surface area (Å²) in [6, 6.07) is 6.88. The molecule has 0 aromatic heterocycles. The minimum Gasteiger partial charge on any atom is -0.379 e. The van der Waals surface area contributed by atoms with E-state index in [1.54, 1.807) is 0 Å². The van der Waals surface area contributed by atoms with Crippen LogP contribution >= 0.6 is 0 Å². The predicted molar refractivity (Wildman–Crippen MR) is 101 cm³/mol. The van der Waals surface area contributed by atoms with Crippen LogP contribution in [0.2, 0.25) is 0 Å². The van der Waals surface area contributed by atoms with Gasteiger partial charge in [-0.15, -0.1) is 0 Å². The summed E-state index contributed by atoms with van der Waals surface area (Å²) in [6.45, 7) is 9.65. The fourth-order valence-electron chi connectivity index (χ4n) is 4.01. The van der Waals surface area contributed by atoms with Gasteiger partial charge in [-0.1, -0.05) is 32.0 Å². The summed E-state index contributed by atoms with van der Waals surface area (Å²) in [4.78, 5) is 14.8. The van der Waals surface area contributed by atoms with Gasteiger partial charge in [0, 0.05) is 32.6 Å². The number of carbonyl (C=O) groups is 1. The van der Waals surface area contributed by atoms with Crippen LogP contribution in [0.1, 0.15) is 49.3 Å². The van der Waals surface area contributed by atoms with Crippen LogP contribution in [0.25, 0.3) is 0 Å². The van der Waals surface area contributed by atoms with E-state index in [9.17, 15) is 4.79 Å². The van der Waals surface area contributed by atoms with Gasteiger partial charge in [0.15, 0.2) is 0 Å². The highest BCUT2D eigenvalue weighted by atomic mass is 16.5. The number of hydrogen-bond acceptors (Lipinski definition) is 3. The van der Waals surface area contributed by atoms with Gasteiger partial charge >= 0.3 is 0 Å². The Balaban J connectivity index is 1.51. The third-order valence-corrected chi connectivity index (χ3v) is 5.61. The molecule has 1 aliphatic heterocycles. The summed E-state index contributed by atoms with van der Waals surface area (Å²) in [7, 11) is 0. The first-order chi connectivity index (χ1) is 12.1. The molecule has 1 atom stereocenters. The van der Waals surface area contributed by atoms with E-state index in [2.05, 4.69) is 42.3 Å². The van der Waals surface area contributed by atoms with Crippen molar-refractivity contribution in [2.24, 2.45) is 5.92 Å². The molecule has 1 aliphatic carbocycles. The molecule has 4 nitrogen and oxygen atoms in total. The van der Waals surface area contributed by atoms with E-state index < -0.39 is 0 Å². The van der Waals surface area contributed by atoms with E-state index in [0.29, 0.717) is 18.3 Å². The molecular formula is C21H32N2O2. The average Bonchev–Trinajstić information content (AvgIpc) is 3.08. The summed E-state index contributed by atoms with van der Waals surface area (Å²) in [5.74, 6) is 0.936. The summed E-state index contributed by atoms with van der Waals surface area (Å²) in [6.07, 6.45) is 4.26. The van der Waals surface area contributed by atoms with Crippen LogP contribution in [-0.2, 0) is 22.4 Å². The molecule has 1 saturated heterocycles. The minimum absolute atomic E-state index is 0.174. The van der Waals surface area contributed by atoms with Crippen LogP contribution in [0, 0.1) is 5.92 Å². The lowest BCUT2D eigenvalue weighted by Gasteiger charge is -2.27. The number of morpholine rings is 1. The SMILES string of the molecule is CC(C)C(CC(=O)NCCN1CCOCC1)c1ccc2c(c1)CCC2. The summed E-state index contributed by atoms with van der Waals surface area (Å²) in [5.41, 5.74) is 4.33. The summed E-state index contributed by atoms with van der Waals surface area (Å²) < 4.78 is 5.36. The highest BCUT2D eigenvalue weighted by molar-refractivity contribution is 5.77. The summed E-state index contributed by atoms with van der Waals surface area (Å²) in [5, 5.41) is 3.12. The lowest BCUT2D eigenvalue weighted by atomic mass is 9.84. The Morgan fingerprint density at radius 2 is 1.96 bits per heavy atom. The van der Waals surface area contributed by atoms with Gasteiger partial charge in [0.05, 0.1) is 13.2 Å². The molecule has 1 aromatic rings. The van der Waals surface area contributed by atoms with Crippen LogP contribution < -0.4 is 5.32 Å². The fraction of sp³-hybridized carbons (Fsp3) is 0.667. The number of amides is 1. The molecule has 0 bridgehead atoms. The quantitative estimate of drug-likeness (QED) is 0.827. The number of nitrogens with zero attached hydrogens (tertiary/aromatic N) is 1. The average molecular weight is 344 g/mol. The van der Waals surface area contributed by atoms with E-state index in [1.807, 2.05) is 0 Å². The zero-order valence-corrected chi connectivity index (χ0v) is 15.7. The standard InChI is InChI=1S/C21H32N2O2/c1-16(2)20(19-7-6-17-4-3-5-18(17)14-19)15-21(24)22-8-9-23-10-12-25-13-11-23/h6-7,14,16,20H,3-5,8-13,15H2,1-2H3,(H,22,24). The van der Waals surface area contributed by atoms with Gasteiger partial charge < -0.3 is 10.1 Å². The Hall–Kier alpha value is -1.39. The van der Waals surface area contributed by atoms with Gasteiger partial charge in [0.1, 0.15) is 0 Å². The van der Waals surface area contributed by atoms with E-state index in [-0.39, 0.29) is 5.91 Å². The van der Waals surface area contributed by atoms with E-state index in [0.717, 1.165) is 39.4 Å². The molecule has 25 heavy (non-hydrogen) atoms. The molecule has 0 spiro atoms. The number of fused-ring (bicyclic) bond motifs is 1. The third-order valence-electron chi connectivity index (χ3n) is 5.61. The second-order valence-electron chi connectivity index (χ2n) is 7.74. The normalized spacial score (nSPS) is 19.0. The van der Waals surface area contributed by atoms with Crippen molar-refractivity contribution in [1.82, 2.24) is 10.2 Å². The Morgan fingerprint density at radius 3 is 2.72 bits per heavy atom. The van der Waals surface area contributed by atoms with Gasteiger partial charge in [-0.3, -0.25) is 9.69 Å². The summed E-state index contributed by atoms with van der Waals surface area (Å²) >= 11 is 0. The zero-order chi connectivity index (χ0) is 17.6. The second kappa shape index (κ2) is 8.81. The van der Waals surface area contributed by atoms with Crippen LogP contribution in [0.3, 0.4) is 0 Å². The van der Waals surface area contributed by atoms with Gasteiger partial charge in [0.2, 0.25) is 5.91 Å². The monoisotopic (exact) mass is 344 g/mol. The highest BCUT2D eigenvalue weighted by Gasteiger charge is 2.22. The van der Waals surface area contributed by atoms with Crippen molar-refractivity contribution in [3.63, 3.8) is 0 Å². The van der Waals surface area contributed by atoms with E-state index in [1.165, 1.54) is 36.0 Å². The third kappa shape index (κ3) is 5.05. The van der Waals surface area contributed by atoms with Crippen molar-refractivity contribution in [2.45, 2.75) is 45.4 Å². The second-order valence-corrected chi connectivity index (χ2v) is 7.74. The van der Waals surface area contributed by atoms with Crippen molar-refractivity contribution in [2.75, 3.05) is 39.4 Å². The van der Waals surface area contributed by atoms with Crippen LogP contribution in [0.4, 0.5) is 0 Å². The van der Waals surface area contributed by atoms with Gasteiger partial charge in [0.25, 0.3) is 0 Å². The van der Waals surface area contributed by atoms with Gasteiger partial charge in [-0.25, -0.2) is 0 Å². The first kappa shape index (κ1) is 18.4. The molecule has 1 fully saturated rings. The maximum absolute atomic E-state index is 12.5. The number of rotatable bonds is 7. The molecular weight excluding hydrogens is 312 g/mol. The smallest absolute Gasteiger partial charge is 0.220 e. The van der Waals surface area contributed by atoms with E-state index >= 15 is 0 Å². The van der Waals surface area contributed by atoms with Crippen molar-refractivity contribution in [3.8, 4) is 0 Å². The van der Waals surface area contributed by atoms with Gasteiger partial charge in [-0.05, 0) is 47.8 Å². The molecule has 1 unspecified atom stereocenters. The Kier molecular flexibility index (Phi) is 6.49. The molecule has 1 N–H and O–H groups in total. The van der Waals surface area contributed by atoms with Crippen molar-refractivity contribution in [1.29, 1.82) is 0 Å². The molecule has 0 radical (unpaired) electrons. The number of carbonyl (C=O) groups excluding carboxylic acids is 1. The van der Waals surface area contributed by atoms with Crippen molar-refractivity contribution < 1.29 is 9.53 Å². The first-order valence-corrected chi connectivity index (χ1v) is 9.82. The topological polar surface area (TPSA) is 41.6 Å². The van der Waals surface area contributed by atoms with E-state index in [4.69, 9.17) is 4.74 Å². The molecule has 138 valence electrons. The molecule has 3 rings (SSSR count). The Labute approximate surface area is 151 Å².